The van der Waals surface area contributed by atoms with Crippen molar-refractivity contribution < 1.29 is 4.79 Å². The van der Waals surface area contributed by atoms with Crippen molar-refractivity contribution >= 4 is 38.7 Å². The van der Waals surface area contributed by atoms with E-state index >= 15 is 0 Å². The van der Waals surface area contributed by atoms with Crippen LogP contribution < -0.4 is 5.32 Å². The maximum Gasteiger partial charge on any atom is 0.204 e. The molecule has 0 saturated heterocycles. The minimum Gasteiger partial charge on any atom is -0.385 e. The molecule has 92 valence electrons. The SMILES string of the molecule is O=C(c1cccc2c1CCCN2)c1sccc1Br. The van der Waals surface area contributed by atoms with Gasteiger partial charge < -0.3 is 5.32 Å². The van der Waals surface area contributed by atoms with Gasteiger partial charge >= 0.3 is 0 Å². The van der Waals surface area contributed by atoms with Gasteiger partial charge in [0.2, 0.25) is 5.78 Å². The summed E-state index contributed by atoms with van der Waals surface area (Å²) in [5.41, 5.74) is 3.11. The number of nitrogens with one attached hydrogen (secondary N) is 1. The van der Waals surface area contributed by atoms with E-state index in [0.717, 1.165) is 45.6 Å². The van der Waals surface area contributed by atoms with Gasteiger partial charge in [0.05, 0.1) is 4.88 Å². The second-order valence-corrected chi connectivity index (χ2v) is 6.06. The van der Waals surface area contributed by atoms with Gasteiger partial charge in [-0.2, -0.15) is 0 Å². The van der Waals surface area contributed by atoms with E-state index in [9.17, 15) is 4.79 Å². The number of rotatable bonds is 2. The van der Waals surface area contributed by atoms with Gasteiger partial charge in [0.15, 0.2) is 0 Å². The van der Waals surface area contributed by atoms with Gasteiger partial charge in [0.25, 0.3) is 0 Å². The highest BCUT2D eigenvalue weighted by atomic mass is 79.9. The summed E-state index contributed by atoms with van der Waals surface area (Å²) in [5.74, 6) is 0.123. The quantitative estimate of drug-likeness (QED) is 0.844. The largest absolute Gasteiger partial charge is 0.385 e. The van der Waals surface area contributed by atoms with E-state index < -0.39 is 0 Å². The van der Waals surface area contributed by atoms with Crippen LogP contribution in [0.1, 0.15) is 27.2 Å². The van der Waals surface area contributed by atoms with E-state index in [0.29, 0.717) is 0 Å². The molecule has 2 aromatic rings. The van der Waals surface area contributed by atoms with Crippen LogP contribution in [0.4, 0.5) is 5.69 Å². The molecule has 1 aromatic carbocycles. The number of halogens is 1. The van der Waals surface area contributed by atoms with Crippen molar-refractivity contribution in [2.45, 2.75) is 12.8 Å². The highest BCUT2D eigenvalue weighted by Crippen LogP contribution is 2.30. The minimum atomic E-state index is 0.123. The monoisotopic (exact) mass is 321 g/mol. The topological polar surface area (TPSA) is 29.1 Å². The predicted molar refractivity (Wildman–Crippen MR) is 78.7 cm³/mol. The number of fused-ring (bicyclic) bond motifs is 1. The second-order valence-electron chi connectivity index (χ2n) is 4.29. The predicted octanol–water partition coefficient (Wildman–Crippen LogP) is 4.10. The Kier molecular flexibility index (Phi) is 3.22. The third-order valence-corrected chi connectivity index (χ3v) is 5.00. The molecule has 0 radical (unpaired) electrons. The average molecular weight is 322 g/mol. The van der Waals surface area contributed by atoms with Gasteiger partial charge in [-0.25, -0.2) is 0 Å². The molecule has 1 aliphatic heterocycles. The molecule has 0 fully saturated rings. The molecule has 0 aliphatic carbocycles. The third-order valence-electron chi connectivity index (χ3n) is 3.16. The number of ketones is 1. The van der Waals surface area contributed by atoms with Crippen LogP contribution in [0, 0.1) is 0 Å². The first kappa shape index (κ1) is 11.9. The van der Waals surface area contributed by atoms with Gasteiger partial charge in [-0.3, -0.25) is 4.79 Å². The Morgan fingerprint density at radius 2 is 2.22 bits per heavy atom. The summed E-state index contributed by atoms with van der Waals surface area (Å²) in [7, 11) is 0. The first-order valence-electron chi connectivity index (χ1n) is 5.91. The molecule has 0 unspecified atom stereocenters. The molecule has 0 bridgehead atoms. The minimum absolute atomic E-state index is 0.123. The van der Waals surface area contributed by atoms with Gasteiger partial charge in [0, 0.05) is 22.3 Å². The van der Waals surface area contributed by atoms with E-state index in [1.165, 1.54) is 11.3 Å². The lowest BCUT2D eigenvalue weighted by atomic mass is 9.95. The second kappa shape index (κ2) is 4.86. The van der Waals surface area contributed by atoms with Crippen LogP contribution in [0.5, 0.6) is 0 Å². The molecule has 0 saturated carbocycles. The van der Waals surface area contributed by atoms with Crippen LogP contribution in [0.2, 0.25) is 0 Å². The molecule has 1 aliphatic rings. The van der Waals surface area contributed by atoms with Gasteiger partial charge in [-0.15, -0.1) is 11.3 Å². The van der Waals surface area contributed by atoms with Crippen molar-refractivity contribution in [2.75, 3.05) is 11.9 Å². The Morgan fingerprint density at radius 1 is 1.33 bits per heavy atom. The van der Waals surface area contributed by atoms with Crippen LogP contribution >= 0.6 is 27.3 Å². The third kappa shape index (κ3) is 1.99. The first-order chi connectivity index (χ1) is 8.77. The highest BCUT2D eigenvalue weighted by molar-refractivity contribution is 9.10. The van der Waals surface area contributed by atoms with Crippen molar-refractivity contribution in [1.82, 2.24) is 0 Å². The number of hydrogen-bond donors (Lipinski definition) is 1. The Labute approximate surface area is 118 Å². The number of carbonyl (C=O) groups excluding carboxylic acids is 1. The lowest BCUT2D eigenvalue weighted by Gasteiger charge is -2.20. The van der Waals surface area contributed by atoms with E-state index in [-0.39, 0.29) is 5.78 Å². The van der Waals surface area contributed by atoms with Gasteiger partial charge in [0.1, 0.15) is 0 Å². The zero-order valence-electron chi connectivity index (χ0n) is 9.70. The van der Waals surface area contributed by atoms with Crippen molar-refractivity contribution in [3.8, 4) is 0 Å². The molecular formula is C14H12BrNOS. The van der Waals surface area contributed by atoms with Crippen LogP contribution in [0.3, 0.4) is 0 Å². The van der Waals surface area contributed by atoms with E-state index in [4.69, 9.17) is 0 Å². The molecule has 0 spiro atoms. The number of hydrogen-bond acceptors (Lipinski definition) is 3. The van der Waals surface area contributed by atoms with Crippen LogP contribution in [-0.2, 0) is 6.42 Å². The lowest BCUT2D eigenvalue weighted by Crippen LogP contribution is -2.15. The summed E-state index contributed by atoms with van der Waals surface area (Å²) in [4.78, 5) is 13.3. The van der Waals surface area contributed by atoms with E-state index in [2.05, 4.69) is 27.3 Å². The normalized spacial score (nSPS) is 13.8. The summed E-state index contributed by atoms with van der Waals surface area (Å²) in [6.07, 6.45) is 2.07. The molecule has 1 aromatic heterocycles. The van der Waals surface area contributed by atoms with Crippen LogP contribution in [0.15, 0.2) is 34.1 Å². The lowest BCUT2D eigenvalue weighted by molar-refractivity contribution is 0.104. The molecule has 0 amide bonds. The summed E-state index contributed by atoms with van der Waals surface area (Å²) in [6, 6.07) is 7.85. The molecule has 2 nitrogen and oxygen atoms in total. The molecule has 0 atom stereocenters. The van der Waals surface area contributed by atoms with Crippen molar-refractivity contribution in [2.24, 2.45) is 0 Å². The number of benzene rings is 1. The fourth-order valence-electron chi connectivity index (χ4n) is 2.30. The highest BCUT2D eigenvalue weighted by Gasteiger charge is 2.20. The molecule has 18 heavy (non-hydrogen) atoms. The summed E-state index contributed by atoms with van der Waals surface area (Å²) in [5, 5.41) is 5.29. The van der Waals surface area contributed by atoms with Crippen molar-refractivity contribution in [3.05, 3.63) is 50.1 Å². The first-order valence-corrected chi connectivity index (χ1v) is 7.58. The maximum atomic E-state index is 12.6. The van der Waals surface area contributed by atoms with Crippen LogP contribution in [-0.4, -0.2) is 12.3 Å². The Morgan fingerprint density at radius 3 is 3.00 bits per heavy atom. The van der Waals surface area contributed by atoms with Crippen molar-refractivity contribution in [1.29, 1.82) is 0 Å². The fraction of sp³-hybridized carbons (Fsp3) is 0.214. The Hall–Kier alpha value is -1.13. The average Bonchev–Trinajstić information content (AvgIpc) is 2.83. The molecule has 2 heterocycles. The Bertz CT molecular complexity index is 606. The number of thiophene rings is 1. The summed E-state index contributed by atoms with van der Waals surface area (Å²) in [6.45, 7) is 0.993. The number of carbonyl (C=O) groups is 1. The zero-order valence-corrected chi connectivity index (χ0v) is 12.1. The fourth-order valence-corrected chi connectivity index (χ4v) is 3.81. The van der Waals surface area contributed by atoms with Crippen molar-refractivity contribution in [3.63, 3.8) is 0 Å². The standard InChI is InChI=1S/C14H12BrNOS/c15-11-6-8-18-14(11)13(17)10-3-1-5-12-9(10)4-2-7-16-12/h1,3,5-6,8,16H,2,4,7H2. The smallest absolute Gasteiger partial charge is 0.204 e. The molecule has 1 N–H and O–H groups in total. The van der Waals surface area contributed by atoms with Gasteiger partial charge in [-0.1, -0.05) is 12.1 Å². The maximum absolute atomic E-state index is 12.6. The van der Waals surface area contributed by atoms with Crippen LogP contribution in [0.25, 0.3) is 0 Å². The van der Waals surface area contributed by atoms with E-state index in [1.807, 2.05) is 23.6 Å². The summed E-state index contributed by atoms with van der Waals surface area (Å²) >= 11 is 4.92. The molecule has 3 rings (SSSR count). The molecule has 4 heteroatoms. The molecular weight excluding hydrogens is 310 g/mol. The Balaban J connectivity index is 2.07. The summed E-state index contributed by atoms with van der Waals surface area (Å²) < 4.78 is 0.888. The zero-order chi connectivity index (χ0) is 12.5. The van der Waals surface area contributed by atoms with E-state index in [1.54, 1.807) is 0 Å². The van der Waals surface area contributed by atoms with Gasteiger partial charge in [-0.05, 0) is 51.8 Å². The number of anilines is 1.